The van der Waals surface area contributed by atoms with E-state index in [1.54, 1.807) is 50.5 Å². The number of nitrogens with zero attached hydrogens (tertiary/aromatic N) is 2. The smallest absolute Gasteiger partial charge is 0.242 e. The number of carbonyl (C=O) groups is 2. The first-order chi connectivity index (χ1) is 19.4. The molecule has 0 spiro atoms. The highest BCUT2D eigenvalue weighted by Gasteiger charge is 2.39. The van der Waals surface area contributed by atoms with Gasteiger partial charge in [-0.05, 0) is 79.6 Å². The highest BCUT2D eigenvalue weighted by Crippen LogP contribution is 2.33. The molecule has 9 nitrogen and oxygen atoms in total. The van der Waals surface area contributed by atoms with Crippen molar-refractivity contribution >= 4 is 40.1 Å². The van der Waals surface area contributed by atoms with Gasteiger partial charge in [0.2, 0.25) is 11.8 Å². The van der Waals surface area contributed by atoms with E-state index in [0.29, 0.717) is 53.4 Å². The lowest BCUT2D eigenvalue weighted by Crippen LogP contribution is -2.35. The third-order valence-electron chi connectivity index (χ3n) is 6.21. The molecule has 3 aromatic rings. The molecule has 3 aromatic carbocycles. The van der Waals surface area contributed by atoms with Gasteiger partial charge >= 0.3 is 0 Å². The molecule has 1 saturated heterocycles. The number of ether oxygens (including phenoxy) is 4. The number of rotatable bonds is 12. The molecule has 0 radical (unpaired) electrons. The zero-order chi connectivity index (χ0) is 28.5. The second kappa shape index (κ2) is 13.7. The summed E-state index contributed by atoms with van der Waals surface area (Å²) in [6.45, 7) is 2.87. The molecule has 0 bridgehead atoms. The summed E-state index contributed by atoms with van der Waals surface area (Å²) in [6.07, 6.45) is 0.588. The molecule has 1 heterocycles. The van der Waals surface area contributed by atoms with E-state index in [4.69, 9.17) is 23.9 Å². The summed E-state index contributed by atoms with van der Waals surface area (Å²) in [7, 11) is 4.78. The van der Waals surface area contributed by atoms with Gasteiger partial charge in [-0.1, -0.05) is 17.8 Å². The van der Waals surface area contributed by atoms with Gasteiger partial charge in [-0.3, -0.25) is 14.5 Å². The van der Waals surface area contributed by atoms with Crippen molar-refractivity contribution in [1.82, 2.24) is 4.90 Å². The summed E-state index contributed by atoms with van der Waals surface area (Å²) in [5.41, 5.74) is 2.31. The van der Waals surface area contributed by atoms with Crippen molar-refractivity contribution in [3.63, 3.8) is 0 Å². The summed E-state index contributed by atoms with van der Waals surface area (Å²) in [6, 6.07) is 20.1. The third-order valence-corrected chi connectivity index (χ3v) is 7.38. The molecule has 0 aromatic heterocycles. The first kappa shape index (κ1) is 28.8. The Kier molecular flexibility index (Phi) is 9.91. The number of hydrogen-bond donors (Lipinski definition) is 1. The van der Waals surface area contributed by atoms with Crippen molar-refractivity contribution in [1.29, 1.82) is 0 Å². The largest absolute Gasteiger partial charge is 0.497 e. The first-order valence-electron chi connectivity index (χ1n) is 12.9. The Morgan fingerprint density at radius 2 is 1.62 bits per heavy atom. The molecule has 1 aliphatic rings. The average molecular weight is 564 g/mol. The lowest BCUT2D eigenvalue weighted by Gasteiger charge is -2.17. The Labute approximate surface area is 238 Å². The van der Waals surface area contributed by atoms with Crippen molar-refractivity contribution in [2.45, 2.75) is 25.0 Å². The fourth-order valence-electron chi connectivity index (χ4n) is 4.16. The van der Waals surface area contributed by atoms with Crippen LogP contribution < -0.4 is 24.3 Å². The lowest BCUT2D eigenvalue weighted by molar-refractivity contribution is -0.128. The van der Waals surface area contributed by atoms with E-state index >= 15 is 0 Å². The summed E-state index contributed by atoms with van der Waals surface area (Å²) >= 11 is 1.30. The molecule has 40 heavy (non-hydrogen) atoms. The van der Waals surface area contributed by atoms with Crippen LogP contribution in [0.3, 0.4) is 0 Å². The zero-order valence-corrected chi connectivity index (χ0v) is 23.8. The third kappa shape index (κ3) is 7.26. The van der Waals surface area contributed by atoms with Gasteiger partial charge in [0.15, 0.2) is 16.7 Å². The van der Waals surface area contributed by atoms with Crippen LogP contribution in [0.5, 0.6) is 23.0 Å². The molecule has 1 fully saturated rings. The van der Waals surface area contributed by atoms with Gasteiger partial charge in [0.25, 0.3) is 0 Å². The Hall–Kier alpha value is -4.18. The molecule has 210 valence electrons. The number of benzene rings is 3. The molecule has 10 heteroatoms. The van der Waals surface area contributed by atoms with Gasteiger partial charge in [-0.15, -0.1) is 0 Å². The van der Waals surface area contributed by atoms with Crippen molar-refractivity contribution in [2.75, 3.05) is 39.8 Å². The van der Waals surface area contributed by atoms with Crippen molar-refractivity contribution < 1.29 is 28.5 Å². The van der Waals surface area contributed by atoms with Crippen molar-refractivity contribution in [3.8, 4) is 23.0 Å². The number of thioether (sulfide) groups is 1. The molecule has 1 aliphatic heterocycles. The van der Waals surface area contributed by atoms with Crippen LogP contribution in [0.25, 0.3) is 0 Å². The maximum absolute atomic E-state index is 13.5. The monoisotopic (exact) mass is 563 g/mol. The summed E-state index contributed by atoms with van der Waals surface area (Å²) < 4.78 is 21.4. The van der Waals surface area contributed by atoms with Gasteiger partial charge in [-0.2, -0.15) is 0 Å². The van der Waals surface area contributed by atoms with Gasteiger partial charge in [0.05, 0.1) is 33.6 Å². The molecule has 4 rings (SSSR count). The van der Waals surface area contributed by atoms with Crippen LogP contribution in [0.1, 0.15) is 18.9 Å². The van der Waals surface area contributed by atoms with Gasteiger partial charge in [-0.25, -0.2) is 4.99 Å². The highest BCUT2D eigenvalue weighted by molar-refractivity contribution is 8.15. The van der Waals surface area contributed by atoms with Crippen LogP contribution >= 0.6 is 11.8 Å². The quantitative estimate of drug-likeness (QED) is 0.319. The van der Waals surface area contributed by atoms with E-state index < -0.39 is 5.25 Å². The predicted molar refractivity (Wildman–Crippen MR) is 157 cm³/mol. The Morgan fingerprint density at radius 3 is 2.27 bits per heavy atom. The van der Waals surface area contributed by atoms with Crippen LogP contribution in [0.4, 0.5) is 11.4 Å². The standard InChI is InChI=1S/C30H33N3O6S/c1-5-39-24-13-9-21(10-14-24)31-28(34)19-27-29(35)33(17-16-20-6-15-25(37-3)26(18-20)38-4)30(40-27)32-22-7-11-23(36-2)12-8-22/h6-15,18,27H,5,16-17,19H2,1-4H3,(H,31,34)/t27-/m0/s1. The van der Waals surface area contributed by atoms with E-state index in [1.807, 2.05) is 49.4 Å². The van der Waals surface area contributed by atoms with E-state index in [0.717, 1.165) is 11.3 Å². The second-order valence-electron chi connectivity index (χ2n) is 8.84. The van der Waals surface area contributed by atoms with Crippen LogP contribution in [0, 0.1) is 0 Å². The number of methoxy groups -OCH3 is 3. The average Bonchev–Trinajstić information content (AvgIpc) is 3.26. The van der Waals surface area contributed by atoms with Crippen LogP contribution in [-0.2, 0) is 16.0 Å². The topological polar surface area (TPSA) is 98.7 Å². The van der Waals surface area contributed by atoms with Crippen LogP contribution in [0.15, 0.2) is 71.7 Å². The molecule has 0 unspecified atom stereocenters. The number of nitrogens with one attached hydrogen (secondary N) is 1. The predicted octanol–water partition coefficient (Wildman–Crippen LogP) is 5.31. The van der Waals surface area contributed by atoms with Gasteiger partial charge in [0, 0.05) is 18.7 Å². The van der Waals surface area contributed by atoms with Crippen molar-refractivity contribution in [3.05, 3.63) is 72.3 Å². The number of aliphatic imine (C=N–C) groups is 1. The summed E-state index contributed by atoms with van der Waals surface area (Å²) in [5.74, 6) is 2.30. The van der Waals surface area contributed by atoms with E-state index in [-0.39, 0.29) is 18.2 Å². The Bertz CT molecular complexity index is 1340. The molecular formula is C30H33N3O6S. The minimum atomic E-state index is -0.593. The molecular weight excluding hydrogens is 530 g/mol. The molecule has 0 saturated carbocycles. The highest BCUT2D eigenvalue weighted by atomic mass is 32.2. The van der Waals surface area contributed by atoms with Crippen molar-refractivity contribution in [2.24, 2.45) is 4.99 Å². The number of amides is 2. The van der Waals surface area contributed by atoms with Crippen LogP contribution in [-0.4, -0.2) is 61.6 Å². The minimum absolute atomic E-state index is 0.0191. The van der Waals surface area contributed by atoms with E-state index in [2.05, 4.69) is 5.32 Å². The lowest BCUT2D eigenvalue weighted by atomic mass is 10.1. The number of hydrogen-bond acceptors (Lipinski definition) is 8. The Balaban J connectivity index is 1.49. The van der Waals surface area contributed by atoms with E-state index in [1.165, 1.54) is 11.8 Å². The zero-order valence-electron chi connectivity index (χ0n) is 23.0. The van der Waals surface area contributed by atoms with Gasteiger partial charge in [0.1, 0.15) is 16.7 Å². The molecule has 1 atom stereocenters. The number of amidine groups is 1. The molecule has 1 N–H and O–H groups in total. The normalized spacial score (nSPS) is 15.7. The second-order valence-corrected chi connectivity index (χ2v) is 10.0. The Morgan fingerprint density at radius 1 is 0.925 bits per heavy atom. The summed E-state index contributed by atoms with van der Waals surface area (Å²) in [4.78, 5) is 32.8. The molecule has 2 amide bonds. The maximum Gasteiger partial charge on any atom is 0.242 e. The summed E-state index contributed by atoms with van der Waals surface area (Å²) in [5, 5.41) is 2.83. The maximum atomic E-state index is 13.5. The fourth-order valence-corrected chi connectivity index (χ4v) is 5.34. The minimum Gasteiger partial charge on any atom is -0.497 e. The SMILES string of the molecule is CCOc1ccc(NC(=O)C[C@@H]2SC(=Nc3ccc(OC)cc3)N(CCc3ccc(OC)c(OC)c3)C2=O)cc1. The van der Waals surface area contributed by atoms with Gasteiger partial charge < -0.3 is 24.3 Å². The van der Waals surface area contributed by atoms with E-state index in [9.17, 15) is 9.59 Å². The number of anilines is 1. The first-order valence-corrected chi connectivity index (χ1v) is 13.8. The number of carbonyl (C=O) groups excluding carboxylic acids is 2. The fraction of sp³-hybridized carbons (Fsp3) is 0.300. The van der Waals surface area contributed by atoms with Crippen LogP contribution in [0.2, 0.25) is 0 Å². The molecule has 0 aliphatic carbocycles.